The second-order valence-corrected chi connectivity index (χ2v) is 4.23. The molecule has 0 aromatic heterocycles. The zero-order chi connectivity index (χ0) is 12.1. The highest BCUT2D eigenvalue weighted by Crippen LogP contribution is 2.31. The van der Waals surface area contributed by atoms with Crippen LogP contribution in [-0.4, -0.2) is 23.5 Å². The Morgan fingerprint density at radius 2 is 2.50 bits per heavy atom. The summed E-state index contributed by atoms with van der Waals surface area (Å²) in [6, 6.07) is -1.26. The number of nitrogens with zero attached hydrogens (tertiary/aromatic N) is 1. The Kier molecular flexibility index (Phi) is 4.73. The molecule has 0 saturated heterocycles. The molecule has 0 aliphatic heterocycles. The number of hydrogen-bond donors (Lipinski definition) is 0. The third-order valence-corrected chi connectivity index (χ3v) is 2.83. The minimum absolute atomic E-state index is 0.0762. The second kappa shape index (κ2) is 5.84. The molecule has 0 heterocycles. The van der Waals surface area contributed by atoms with Crippen molar-refractivity contribution in [2.24, 2.45) is 5.92 Å². The molecule has 0 bridgehead atoms. The summed E-state index contributed by atoms with van der Waals surface area (Å²) >= 11 is 5.79. The van der Waals surface area contributed by atoms with E-state index in [1.54, 1.807) is 6.92 Å². The van der Waals surface area contributed by atoms with Gasteiger partial charge >= 0.3 is 12.0 Å². The van der Waals surface area contributed by atoms with Gasteiger partial charge in [-0.3, -0.25) is 10.1 Å². The molecule has 0 N–H and O–H groups in total. The molecule has 16 heavy (non-hydrogen) atoms. The van der Waals surface area contributed by atoms with Crippen molar-refractivity contribution in [2.75, 3.05) is 6.61 Å². The maximum Gasteiger partial charge on any atom is 0.381 e. The fourth-order valence-corrected chi connectivity index (χ4v) is 2.05. The van der Waals surface area contributed by atoms with E-state index in [1.165, 1.54) is 0 Å². The number of rotatable bonds is 5. The standard InChI is InChI=1S/C10H14ClNO4/c1-2-16-10(13)9(12(14)15)6-7-3-4-8(11)5-7/h4,7,9H,2-3,5-6H2,1H3. The van der Waals surface area contributed by atoms with E-state index in [4.69, 9.17) is 11.6 Å². The van der Waals surface area contributed by atoms with Crippen molar-refractivity contribution in [1.82, 2.24) is 0 Å². The predicted octanol–water partition coefficient (Wildman–Crippen LogP) is 2.12. The Bertz CT molecular complexity index is 316. The maximum atomic E-state index is 11.3. The molecule has 5 nitrogen and oxygen atoms in total. The van der Waals surface area contributed by atoms with Crippen LogP contribution in [0.5, 0.6) is 0 Å². The van der Waals surface area contributed by atoms with Crippen LogP contribution in [0.1, 0.15) is 26.2 Å². The van der Waals surface area contributed by atoms with Gasteiger partial charge < -0.3 is 4.74 Å². The van der Waals surface area contributed by atoms with Gasteiger partial charge in [-0.15, -0.1) is 0 Å². The lowest BCUT2D eigenvalue weighted by molar-refractivity contribution is -0.512. The molecule has 0 aromatic rings. The van der Waals surface area contributed by atoms with Crippen molar-refractivity contribution in [3.8, 4) is 0 Å². The van der Waals surface area contributed by atoms with Crippen LogP contribution in [0.3, 0.4) is 0 Å². The molecule has 6 heteroatoms. The summed E-state index contributed by atoms with van der Waals surface area (Å²) in [6.07, 6.45) is 3.35. The molecular formula is C10H14ClNO4. The van der Waals surface area contributed by atoms with E-state index in [-0.39, 0.29) is 18.9 Å². The van der Waals surface area contributed by atoms with Crippen LogP contribution < -0.4 is 0 Å². The lowest BCUT2D eigenvalue weighted by Crippen LogP contribution is -2.33. The average molecular weight is 248 g/mol. The number of esters is 1. The van der Waals surface area contributed by atoms with Gasteiger partial charge in [-0.25, -0.2) is 4.79 Å². The van der Waals surface area contributed by atoms with Gasteiger partial charge in [0.15, 0.2) is 0 Å². The van der Waals surface area contributed by atoms with Crippen molar-refractivity contribution in [2.45, 2.75) is 32.2 Å². The number of nitro groups is 1. The highest BCUT2D eigenvalue weighted by molar-refractivity contribution is 6.29. The molecule has 0 amide bonds. The quantitative estimate of drug-likeness (QED) is 0.424. The summed E-state index contributed by atoms with van der Waals surface area (Å²) in [6.45, 7) is 1.79. The van der Waals surface area contributed by atoms with Crippen LogP contribution in [0.2, 0.25) is 0 Å². The summed E-state index contributed by atoms with van der Waals surface area (Å²) in [5, 5.41) is 11.5. The summed E-state index contributed by atoms with van der Waals surface area (Å²) in [4.78, 5) is 21.5. The third-order valence-electron chi connectivity index (χ3n) is 2.53. The molecule has 0 saturated carbocycles. The molecule has 0 radical (unpaired) electrons. The monoisotopic (exact) mass is 247 g/mol. The molecule has 2 atom stereocenters. The van der Waals surface area contributed by atoms with Crippen molar-refractivity contribution in [1.29, 1.82) is 0 Å². The minimum atomic E-state index is -1.26. The molecule has 0 spiro atoms. The minimum Gasteiger partial charge on any atom is -0.461 e. The first-order valence-electron chi connectivity index (χ1n) is 5.19. The van der Waals surface area contributed by atoms with Gasteiger partial charge in [0, 0.05) is 16.4 Å². The van der Waals surface area contributed by atoms with Crippen LogP contribution in [0.25, 0.3) is 0 Å². The highest BCUT2D eigenvalue weighted by atomic mass is 35.5. The predicted molar refractivity (Wildman–Crippen MR) is 58.7 cm³/mol. The fourth-order valence-electron chi connectivity index (χ4n) is 1.74. The SMILES string of the molecule is CCOC(=O)C(CC1CC=C(Cl)C1)[N+](=O)[O-]. The summed E-state index contributed by atoms with van der Waals surface area (Å²) in [5.74, 6) is -0.678. The van der Waals surface area contributed by atoms with E-state index in [0.717, 1.165) is 5.03 Å². The molecule has 0 aromatic carbocycles. The number of allylic oxidation sites excluding steroid dienone is 2. The number of hydrogen-bond acceptors (Lipinski definition) is 4. The normalized spacial score (nSPS) is 21.4. The van der Waals surface area contributed by atoms with Gasteiger partial charge in [-0.05, 0) is 25.7 Å². The first kappa shape index (κ1) is 13.0. The largest absolute Gasteiger partial charge is 0.461 e. The molecular weight excluding hydrogens is 234 g/mol. The topological polar surface area (TPSA) is 69.4 Å². The molecule has 2 unspecified atom stereocenters. The zero-order valence-corrected chi connectivity index (χ0v) is 9.77. The Balaban J connectivity index is 2.52. The van der Waals surface area contributed by atoms with Crippen LogP contribution in [0.15, 0.2) is 11.1 Å². The number of halogens is 1. The lowest BCUT2D eigenvalue weighted by Gasteiger charge is -2.12. The number of carbonyl (C=O) groups excluding carboxylic acids is 1. The average Bonchev–Trinajstić information content (AvgIpc) is 2.60. The van der Waals surface area contributed by atoms with E-state index in [0.29, 0.717) is 12.8 Å². The second-order valence-electron chi connectivity index (χ2n) is 3.75. The first-order valence-corrected chi connectivity index (χ1v) is 5.57. The number of ether oxygens (including phenoxy) is 1. The van der Waals surface area contributed by atoms with E-state index in [2.05, 4.69) is 4.74 Å². The van der Waals surface area contributed by atoms with E-state index in [9.17, 15) is 14.9 Å². The Morgan fingerprint density at radius 3 is 2.94 bits per heavy atom. The third kappa shape index (κ3) is 3.48. The van der Waals surface area contributed by atoms with Gasteiger partial charge in [0.2, 0.25) is 0 Å². The lowest BCUT2D eigenvalue weighted by atomic mass is 9.98. The first-order chi connectivity index (χ1) is 7.54. The molecule has 1 rings (SSSR count). The summed E-state index contributed by atoms with van der Waals surface area (Å²) < 4.78 is 4.67. The van der Waals surface area contributed by atoms with Gasteiger partial charge in [-0.1, -0.05) is 17.7 Å². The van der Waals surface area contributed by atoms with E-state index < -0.39 is 16.9 Å². The molecule has 90 valence electrons. The van der Waals surface area contributed by atoms with Gasteiger partial charge in [0.1, 0.15) is 0 Å². The Hall–Kier alpha value is -1.10. The molecule has 0 fully saturated rings. The van der Waals surface area contributed by atoms with Crippen molar-refractivity contribution >= 4 is 17.6 Å². The van der Waals surface area contributed by atoms with Crippen LogP contribution in [-0.2, 0) is 9.53 Å². The van der Waals surface area contributed by atoms with E-state index in [1.807, 2.05) is 6.08 Å². The summed E-state index contributed by atoms with van der Waals surface area (Å²) in [7, 11) is 0. The van der Waals surface area contributed by atoms with E-state index >= 15 is 0 Å². The Labute approximate surface area is 98.6 Å². The van der Waals surface area contributed by atoms with Crippen molar-refractivity contribution in [3.05, 3.63) is 21.2 Å². The maximum absolute atomic E-state index is 11.3. The van der Waals surface area contributed by atoms with Crippen LogP contribution in [0, 0.1) is 16.0 Å². The Morgan fingerprint density at radius 1 is 1.81 bits per heavy atom. The summed E-state index contributed by atoms with van der Waals surface area (Å²) in [5.41, 5.74) is 0. The van der Waals surface area contributed by atoms with Gasteiger partial charge in [-0.2, -0.15) is 0 Å². The number of carbonyl (C=O) groups is 1. The van der Waals surface area contributed by atoms with Crippen LogP contribution in [0.4, 0.5) is 0 Å². The smallest absolute Gasteiger partial charge is 0.381 e. The van der Waals surface area contributed by atoms with Crippen molar-refractivity contribution in [3.63, 3.8) is 0 Å². The highest BCUT2D eigenvalue weighted by Gasteiger charge is 2.35. The molecule has 1 aliphatic rings. The van der Waals surface area contributed by atoms with Gasteiger partial charge in [0.05, 0.1) is 6.61 Å². The fraction of sp³-hybridized carbons (Fsp3) is 0.700. The van der Waals surface area contributed by atoms with Gasteiger partial charge in [0.25, 0.3) is 0 Å². The van der Waals surface area contributed by atoms with Crippen molar-refractivity contribution < 1.29 is 14.5 Å². The molecule has 1 aliphatic carbocycles. The zero-order valence-electron chi connectivity index (χ0n) is 9.02. The van der Waals surface area contributed by atoms with Crippen LogP contribution >= 0.6 is 11.6 Å².